The van der Waals surface area contributed by atoms with Gasteiger partial charge < -0.3 is 20.7 Å². The molecule has 0 saturated carbocycles. The van der Waals surface area contributed by atoms with Gasteiger partial charge in [0.2, 0.25) is 4.58 Å². The first-order valence-electron chi connectivity index (χ1n) is 5.87. The second kappa shape index (κ2) is 4.62. The molecule has 4 N–H and O–H groups in total. The van der Waals surface area contributed by atoms with E-state index in [-0.39, 0.29) is 5.82 Å². The summed E-state index contributed by atoms with van der Waals surface area (Å²) in [5.74, 6) is 0.252. The summed E-state index contributed by atoms with van der Waals surface area (Å²) in [7, 11) is 0. The van der Waals surface area contributed by atoms with Crippen LogP contribution in [0.4, 0.5) is 10.2 Å². The van der Waals surface area contributed by atoms with E-state index >= 15 is 0 Å². The van der Waals surface area contributed by atoms with Crippen LogP contribution in [-0.2, 0) is 4.74 Å². The van der Waals surface area contributed by atoms with Gasteiger partial charge in [-0.3, -0.25) is 0 Å². The second-order valence-corrected chi connectivity index (χ2v) is 5.77. The van der Waals surface area contributed by atoms with Crippen LogP contribution in [0.2, 0.25) is 0 Å². The number of nitrogens with zero attached hydrogens (tertiary/aromatic N) is 3. The van der Waals surface area contributed by atoms with Gasteiger partial charge >= 0.3 is 0 Å². The highest BCUT2D eigenvalue weighted by Crippen LogP contribution is 2.48. The Hall–Kier alpha value is -1.29. The number of rotatable bonds is 2. The van der Waals surface area contributed by atoms with Crippen LogP contribution in [0.3, 0.4) is 0 Å². The summed E-state index contributed by atoms with van der Waals surface area (Å²) >= 11 is 2.84. The average Bonchev–Trinajstić information content (AvgIpc) is 2.92. The van der Waals surface area contributed by atoms with E-state index in [1.165, 1.54) is 10.8 Å². The second-order valence-electron chi connectivity index (χ2n) is 4.56. The highest BCUT2D eigenvalue weighted by Gasteiger charge is 2.57. The number of nitrogens with two attached hydrogens (primary N) is 1. The minimum atomic E-state index is -2.23. The Balaban J connectivity index is 2.10. The molecule has 0 spiro atoms. The van der Waals surface area contributed by atoms with E-state index in [1.54, 1.807) is 12.1 Å². The van der Waals surface area contributed by atoms with Crippen LogP contribution in [0.15, 0.2) is 18.5 Å². The zero-order valence-electron chi connectivity index (χ0n) is 10.1. The molecule has 0 aliphatic carbocycles. The van der Waals surface area contributed by atoms with E-state index < -0.39 is 29.5 Å². The number of anilines is 1. The standard InChI is InChI=1S/C11H12BrFN4O3/c12-11(13)8(19)7(3-18)20-9(11)5-1-2-6-10(14)15-4-16-17(5)6/h1-2,4,7-9,18-19H,3H2,(H2,14,15,16)/t7-,8+,9+,11?/m1/s1. The summed E-state index contributed by atoms with van der Waals surface area (Å²) in [5.41, 5.74) is 6.58. The number of aliphatic hydroxyl groups excluding tert-OH is 2. The van der Waals surface area contributed by atoms with E-state index in [0.29, 0.717) is 11.2 Å². The van der Waals surface area contributed by atoms with E-state index in [2.05, 4.69) is 26.0 Å². The van der Waals surface area contributed by atoms with Crippen LogP contribution in [0.1, 0.15) is 11.8 Å². The third-order valence-corrected chi connectivity index (χ3v) is 4.25. The Kier molecular flexibility index (Phi) is 3.16. The van der Waals surface area contributed by atoms with Gasteiger partial charge in [0.05, 0.1) is 12.3 Å². The molecule has 108 valence electrons. The molecule has 1 saturated heterocycles. The fourth-order valence-electron chi connectivity index (χ4n) is 2.32. The topological polar surface area (TPSA) is 106 Å². The lowest BCUT2D eigenvalue weighted by Gasteiger charge is -2.21. The van der Waals surface area contributed by atoms with Crippen molar-refractivity contribution in [3.63, 3.8) is 0 Å². The van der Waals surface area contributed by atoms with Gasteiger partial charge in [0.1, 0.15) is 30.2 Å². The molecule has 0 aromatic carbocycles. The molecule has 0 bridgehead atoms. The smallest absolute Gasteiger partial charge is 0.224 e. The van der Waals surface area contributed by atoms with Gasteiger partial charge in [0.15, 0.2) is 5.82 Å². The molecule has 3 rings (SSSR count). The van der Waals surface area contributed by atoms with Crippen molar-refractivity contribution in [1.29, 1.82) is 0 Å². The summed E-state index contributed by atoms with van der Waals surface area (Å²) in [5, 5.41) is 23.0. The summed E-state index contributed by atoms with van der Waals surface area (Å²) in [6.07, 6.45) is -2.41. The van der Waals surface area contributed by atoms with Gasteiger partial charge in [0.25, 0.3) is 0 Å². The number of hydrogen-bond acceptors (Lipinski definition) is 6. The summed E-state index contributed by atoms with van der Waals surface area (Å²) in [6.45, 7) is -0.491. The number of hydrogen-bond donors (Lipinski definition) is 3. The molecule has 0 amide bonds. The number of fused-ring (bicyclic) bond motifs is 1. The van der Waals surface area contributed by atoms with Crippen LogP contribution >= 0.6 is 15.9 Å². The lowest BCUT2D eigenvalue weighted by atomic mass is 10.1. The lowest BCUT2D eigenvalue weighted by molar-refractivity contribution is -0.0241. The highest BCUT2D eigenvalue weighted by atomic mass is 79.9. The zero-order valence-corrected chi connectivity index (χ0v) is 11.7. The van der Waals surface area contributed by atoms with Crippen molar-refractivity contribution in [2.75, 3.05) is 12.3 Å². The van der Waals surface area contributed by atoms with E-state index in [0.717, 1.165) is 0 Å². The fraction of sp³-hybridized carbons (Fsp3) is 0.455. The SMILES string of the molecule is Nc1ncnn2c([C@@H]3O[C@H](CO)[C@H](O)C3(F)Br)ccc12. The van der Waals surface area contributed by atoms with Crippen LogP contribution < -0.4 is 5.73 Å². The largest absolute Gasteiger partial charge is 0.394 e. The molecule has 1 unspecified atom stereocenters. The molecule has 3 heterocycles. The van der Waals surface area contributed by atoms with Gasteiger partial charge in [-0.1, -0.05) is 0 Å². The summed E-state index contributed by atoms with van der Waals surface area (Å²) < 4.78 is 19.2. The summed E-state index contributed by atoms with van der Waals surface area (Å²) in [6, 6.07) is 3.23. The first kappa shape index (κ1) is 13.7. The van der Waals surface area contributed by atoms with E-state index in [1.807, 2.05) is 0 Å². The quantitative estimate of drug-likeness (QED) is 0.669. The van der Waals surface area contributed by atoms with Crippen molar-refractivity contribution in [1.82, 2.24) is 14.6 Å². The Bertz CT molecular complexity index is 650. The van der Waals surface area contributed by atoms with Crippen LogP contribution in [-0.4, -0.2) is 48.2 Å². The number of halogens is 2. The van der Waals surface area contributed by atoms with Crippen molar-refractivity contribution in [2.45, 2.75) is 22.9 Å². The zero-order chi connectivity index (χ0) is 14.5. The summed E-state index contributed by atoms with van der Waals surface area (Å²) in [4.78, 5) is 3.84. The Morgan fingerprint density at radius 1 is 1.55 bits per heavy atom. The Labute approximate surface area is 121 Å². The molecule has 0 radical (unpaired) electrons. The molecule has 2 aromatic heterocycles. The van der Waals surface area contributed by atoms with E-state index in [4.69, 9.17) is 15.6 Å². The minimum absolute atomic E-state index is 0.252. The lowest BCUT2D eigenvalue weighted by Crippen LogP contribution is -2.37. The van der Waals surface area contributed by atoms with Crippen molar-refractivity contribution < 1.29 is 19.3 Å². The number of aliphatic hydroxyl groups is 2. The van der Waals surface area contributed by atoms with Gasteiger partial charge in [-0.05, 0) is 28.1 Å². The minimum Gasteiger partial charge on any atom is -0.394 e. The molecule has 1 aliphatic rings. The molecule has 1 aliphatic heterocycles. The molecule has 4 atom stereocenters. The molecule has 2 aromatic rings. The average molecular weight is 347 g/mol. The maximum Gasteiger partial charge on any atom is 0.224 e. The third kappa shape index (κ3) is 1.81. The monoisotopic (exact) mass is 346 g/mol. The van der Waals surface area contributed by atoms with Crippen LogP contribution in [0.25, 0.3) is 5.52 Å². The molecule has 9 heteroatoms. The highest BCUT2D eigenvalue weighted by molar-refractivity contribution is 9.10. The first-order valence-corrected chi connectivity index (χ1v) is 6.66. The van der Waals surface area contributed by atoms with Gasteiger partial charge in [0, 0.05) is 0 Å². The van der Waals surface area contributed by atoms with Gasteiger partial charge in [-0.2, -0.15) is 5.10 Å². The maximum absolute atomic E-state index is 14.6. The maximum atomic E-state index is 14.6. The third-order valence-electron chi connectivity index (χ3n) is 3.37. The van der Waals surface area contributed by atoms with Crippen molar-refractivity contribution in [3.8, 4) is 0 Å². The molecule has 1 fully saturated rings. The number of aromatic nitrogens is 3. The molecular formula is C11H12BrFN4O3. The molecule has 20 heavy (non-hydrogen) atoms. The van der Waals surface area contributed by atoms with Crippen molar-refractivity contribution in [3.05, 3.63) is 24.2 Å². The van der Waals surface area contributed by atoms with Gasteiger partial charge in [-0.15, -0.1) is 0 Å². The molecule has 7 nitrogen and oxygen atoms in total. The predicted octanol–water partition coefficient (Wildman–Crippen LogP) is 0.165. The van der Waals surface area contributed by atoms with Crippen LogP contribution in [0, 0.1) is 0 Å². The Morgan fingerprint density at radius 3 is 2.95 bits per heavy atom. The van der Waals surface area contributed by atoms with Crippen molar-refractivity contribution in [2.24, 2.45) is 0 Å². The number of ether oxygens (including phenoxy) is 1. The van der Waals surface area contributed by atoms with Gasteiger partial charge in [-0.25, -0.2) is 13.9 Å². The fourth-order valence-corrected chi connectivity index (χ4v) is 2.96. The van der Waals surface area contributed by atoms with Crippen molar-refractivity contribution >= 4 is 27.3 Å². The van der Waals surface area contributed by atoms with E-state index in [9.17, 15) is 9.50 Å². The van der Waals surface area contributed by atoms with Crippen LogP contribution in [0.5, 0.6) is 0 Å². The molecular weight excluding hydrogens is 335 g/mol. The predicted molar refractivity (Wildman–Crippen MR) is 70.9 cm³/mol. The number of nitrogen functional groups attached to an aromatic ring is 1. The first-order chi connectivity index (χ1) is 9.46. The Morgan fingerprint density at radius 2 is 2.30 bits per heavy atom. The number of alkyl halides is 2. The normalized spacial score (nSPS) is 33.9.